The molecule has 18 heavy (non-hydrogen) atoms. The summed E-state index contributed by atoms with van der Waals surface area (Å²) in [4.78, 5) is 12.1. The molecule has 0 unspecified atom stereocenters. The first-order chi connectivity index (χ1) is 8.61. The number of hydrogen-bond acceptors (Lipinski definition) is 1. The van der Waals surface area contributed by atoms with Crippen LogP contribution in [-0.2, 0) is 0 Å². The van der Waals surface area contributed by atoms with E-state index in [0.717, 1.165) is 36.9 Å². The Bertz CT molecular complexity index is 464. The fraction of sp³-hybridized carbons (Fsp3) is 0.438. The van der Waals surface area contributed by atoms with Crippen LogP contribution in [0.1, 0.15) is 42.1 Å². The molecule has 2 rings (SSSR count). The Morgan fingerprint density at radius 1 is 1.33 bits per heavy atom. The SMILES string of the molecule is Cc1ccccc1C(=O)NC[C@@]1(C)CC=CCC1. The van der Waals surface area contributed by atoms with Crippen LogP contribution < -0.4 is 5.32 Å². The van der Waals surface area contributed by atoms with Gasteiger partial charge in [-0.3, -0.25) is 4.79 Å². The van der Waals surface area contributed by atoms with Gasteiger partial charge in [-0.05, 0) is 43.2 Å². The Hall–Kier alpha value is -1.57. The van der Waals surface area contributed by atoms with E-state index in [4.69, 9.17) is 0 Å². The summed E-state index contributed by atoms with van der Waals surface area (Å²) in [6.07, 6.45) is 7.78. The molecule has 0 fully saturated rings. The molecule has 1 amide bonds. The van der Waals surface area contributed by atoms with Gasteiger partial charge in [-0.25, -0.2) is 0 Å². The van der Waals surface area contributed by atoms with Crippen molar-refractivity contribution in [2.24, 2.45) is 5.41 Å². The van der Waals surface area contributed by atoms with Gasteiger partial charge in [0.2, 0.25) is 0 Å². The van der Waals surface area contributed by atoms with E-state index in [1.165, 1.54) is 0 Å². The number of amides is 1. The minimum absolute atomic E-state index is 0.0453. The summed E-state index contributed by atoms with van der Waals surface area (Å²) in [5, 5.41) is 3.08. The molecule has 0 aliphatic heterocycles. The number of rotatable bonds is 3. The molecule has 0 saturated heterocycles. The molecule has 0 heterocycles. The molecule has 1 aliphatic rings. The Kier molecular flexibility index (Phi) is 3.85. The van der Waals surface area contributed by atoms with E-state index >= 15 is 0 Å². The zero-order valence-electron chi connectivity index (χ0n) is 11.2. The lowest BCUT2D eigenvalue weighted by atomic mass is 9.79. The number of allylic oxidation sites excluding steroid dienone is 2. The lowest BCUT2D eigenvalue weighted by Gasteiger charge is -2.30. The highest BCUT2D eigenvalue weighted by molar-refractivity contribution is 5.95. The highest BCUT2D eigenvalue weighted by Crippen LogP contribution is 2.31. The van der Waals surface area contributed by atoms with Gasteiger partial charge in [0, 0.05) is 12.1 Å². The molecule has 0 bridgehead atoms. The maximum Gasteiger partial charge on any atom is 0.251 e. The molecule has 2 heteroatoms. The monoisotopic (exact) mass is 243 g/mol. The van der Waals surface area contributed by atoms with Gasteiger partial charge in [0.1, 0.15) is 0 Å². The molecule has 0 aromatic heterocycles. The number of hydrogen-bond donors (Lipinski definition) is 1. The first-order valence-corrected chi connectivity index (χ1v) is 6.60. The molecule has 0 saturated carbocycles. The van der Waals surface area contributed by atoms with E-state index in [-0.39, 0.29) is 11.3 Å². The van der Waals surface area contributed by atoms with Crippen molar-refractivity contribution in [1.29, 1.82) is 0 Å². The first kappa shape index (κ1) is 12.9. The van der Waals surface area contributed by atoms with Gasteiger partial charge in [0.15, 0.2) is 0 Å². The largest absolute Gasteiger partial charge is 0.351 e. The second-order valence-electron chi connectivity index (χ2n) is 5.52. The van der Waals surface area contributed by atoms with Gasteiger partial charge in [-0.15, -0.1) is 0 Å². The van der Waals surface area contributed by atoms with Crippen molar-refractivity contribution in [3.05, 3.63) is 47.5 Å². The van der Waals surface area contributed by atoms with Crippen molar-refractivity contribution < 1.29 is 4.79 Å². The third kappa shape index (κ3) is 3.00. The summed E-state index contributed by atoms with van der Waals surface area (Å²) < 4.78 is 0. The predicted octanol–water partition coefficient (Wildman–Crippen LogP) is 3.47. The van der Waals surface area contributed by atoms with Crippen molar-refractivity contribution in [2.45, 2.75) is 33.1 Å². The van der Waals surface area contributed by atoms with E-state index in [1.54, 1.807) is 0 Å². The summed E-state index contributed by atoms with van der Waals surface area (Å²) in [7, 11) is 0. The normalized spacial score (nSPS) is 22.8. The van der Waals surface area contributed by atoms with Crippen LogP contribution in [0.15, 0.2) is 36.4 Å². The van der Waals surface area contributed by atoms with Gasteiger partial charge >= 0.3 is 0 Å². The number of benzene rings is 1. The molecule has 1 aliphatic carbocycles. The second kappa shape index (κ2) is 5.38. The fourth-order valence-corrected chi connectivity index (χ4v) is 2.40. The van der Waals surface area contributed by atoms with Crippen LogP contribution in [0.3, 0.4) is 0 Å². The van der Waals surface area contributed by atoms with Crippen LogP contribution in [0.2, 0.25) is 0 Å². The molecule has 1 aromatic rings. The van der Waals surface area contributed by atoms with Crippen LogP contribution >= 0.6 is 0 Å². The van der Waals surface area contributed by atoms with Crippen LogP contribution in [-0.4, -0.2) is 12.5 Å². The minimum Gasteiger partial charge on any atom is -0.351 e. The smallest absolute Gasteiger partial charge is 0.251 e. The highest BCUT2D eigenvalue weighted by atomic mass is 16.1. The quantitative estimate of drug-likeness (QED) is 0.809. The maximum atomic E-state index is 12.1. The molecule has 0 spiro atoms. The summed E-state index contributed by atoms with van der Waals surface area (Å²) in [5.41, 5.74) is 2.03. The molecule has 96 valence electrons. The van der Waals surface area contributed by atoms with Gasteiger partial charge < -0.3 is 5.32 Å². The number of nitrogens with one attached hydrogen (secondary N) is 1. The average molecular weight is 243 g/mol. The van der Waals surface area contributed by atoms with Crippen molar-refractivity contribution in [1.82, 2.24) is 5.32 Å². The summed E-state index contributed by atoms with van der Waals surface area (Å²) in [6, 6.07) is 7.72. The standard InChI is InChI=1S/C16H21NO/c1-13-8-4-5-9-14(13)15(18)17-12-16(2)10-6-3-7-11-16/h3-6,8-9H,7,10-12H2,1-2H3,(H,17,18)/t16-/m0/s1. The second-order valence-corrected chi connectivity index (χ2v) is 5.52. The van der Waals surface area contributed by atoms with Gasteiger partial charge in [0.05, 0.1) is 0 Å². The first-order valence-electron chi connectivity index (χ1n) is 6.60. The Morgan fingerprint density at radius 2 is 2.11 bits per heavy atom. The van der Waals surface area contributed by atoms with Gasteiger partial charge in [-0.2, -0.15) is 0 Å². The molecule has 2 nitrogen and oxygen atoms in total. The maximum absolute atomic E-state index is 12.1. The lowest BCUT2D eigenvalue weighted by molar-refractivity contribution is 0.0929. The molecule has 0 radical (unpaired) electrons. The summed E-state index contributed by atoms with van der Waals surface area (Å²) >= 11 is 0. The topological polar surface area (TPSA) is 29.1 Å². The molecular weight excluding hydrogens is 222 g/mol. The van der Waals surface area contributed by atoms with Crippen LogP contribution in [0.25, 0.3) is 0 Å². The minimum atomic E-state index is 0.0453. The Labute approximate surface area is 109 Å². The third-order valence-corrected chi connectivity index (χ3v) is 3.76. The number of carbonyl (C=O) groups excluding carboxylic acids is 1. The van der Waals surface area contributed by atoms with Crippen molar-refractivity contribution in [3.8, 4) is 0 Å². The van der Waals surface area contributed by atoms with Gasteiger partial charge in [0.25, 0.3) is 5.91 Å². The predicted molar refractivity (Wildman–Crippen MR) is 74.6 cm³/mol. The van der Waals surface area contributed by atoms with Crippen molar-refractivity contribution in [3.63, 3.8) is 0 Å². The lowest BCUT2D eigenvalue weighted by Crippen LogP contribution is -2.36. The van der Waals surface area contributed by atoms with E-state index in [0.29, 0.717) is 0 Å². The Morgan fingerprint density at radius 3 is 2.78 bits per heavy atom. The highest BCUT2D eigenvalue weighted by Gasteiger charge is 2.25. The van der Waals surface area contributed by atoms with Crippen LogP contribution in [0, 0.1) is 12.3 Å². The van der Waals surface area contributed by atoms with Crippen molar-refractivity contribution in [2.75, 3.05) is 6.54 Å². The third-order valence-electron chi connectivity index (χ3n) is 3.76. The Balaban J connectivity index is 1.96. The van der Waals surface area contributed by atoms with Crippen LogP contribution in [0.4, 0.5) is 0 Å². The van der Waals surface area contributed by atoms with E-state index in [2.05, 4.69) is 24.4 Å². The van der Waals surface area contributed by atoms with Crippen molar-refractivity contribution >= 4 is 5.91 Å². The van der Waals surface area contributed by atoms with Gasteiger partial charge in [-0.1, -0.05) is 37.3 Å². The summed E-state index contributed by atoms with van der Waals surface area (Å²) in [6.45, 7) is 4.97. The van der Waals surface area contributed by atoms with E-state index in [9.17, 15) is 4.79 Å². The average Bonchev–Trinajstić information content (AvgIpc) is 2.38. The van der Waals surface area contributed by atoms with E-state index < -0.39 is 0 Å². The fourth-order valence-electron chi connectivity index (χ4n) is 2.40. The zero-order chi connectivity index (χ0) is 13.0. The number of aryl methyl sites for hydroxylation is 1. The zero-order valence-corrected chi connectivity index (χ0v) is 11.2. The number of carbonyl (C=O) groups is 1. The van der Waals surface area contributed by atoms with E-state index in [1.807, 2.05) is 31.2 Å². The molecule has 1 aromatic carbocycles. The summed E-state index contributed by atoms with van der Waals surface area (Å²) in [5.74, 6) is 0.0453. The van der Waals surface area contributed by atoms with Crippen LogP contribution in [0.5, 0.6) is 0 Å². The molecule has 1 atom stereocenters. The molecule has 1 N–H and O–H groups in total. The molecular formula is C16H21NO.